The second kappa shape index (κ2) is 9.22. The highest BCUT2D eigenvalue weighted by Crippen LogP contribution is 2.40. The largest absolute Gasteiger partial charge is 0.393 e. The van der Waals surface area contributed by atoms with Gasteiger partial charge < -0.3 is 15.4 Å². The molecule has 29 heavy (non-hydrogen) atoms. The number of aromatic nitrogens is 2. The normalized spacial score (nSPS) is 25.0. The number of aromatic amines is 2. The Labute approximate surface area is 169 Å². The Kier molecular flexibility index (Phi) is 6.69. The van der Waals surface area contributed by atoms with Crippen LogP contribution < -0.4 is 16.6 Å². The van der Waals surface area contributed by atoms with Crippen LogP contribution in [0.25, 0.3) is 0 Å². The van der Waals surface area contributed by atoms with Gasteiger partial charge in [-0.1, -0.05) is 43.7 Å². The van der Waals surface area contributed by atoms with Crippen LogP contribution in [0.5, 0.6) is 0 Å². The van der Waals surface area contributed by atoms with Crippen LogP contribution in [0.1, 0.15) is 56.1 Å². The van der Waals surface area contributed by atoms with Gasteiger partial charge in [0.1, 0.15) is 0 Å². The van der Waals surface area contributed by atoms with Crippen LogP contribution in [-0.2, 0) is 11.2 Å². The monoisotopic (exact) mass is 399 g/mol. The van der Waals surface area contributed by atoms with Gasteiger partial charge >= 0.3 is 5.69 Å². The van der Waals surface area contributed by atoms with Gasteiger partial charge in [0.25, 0.3) is 5.56 Å². The molecule has 0 unspecified atom stereocenters. The van der Waals surface area contributed by atoms with Crippen molar-refractivity contribution in [2.75, 3.05) is 6.54 Å². The topological polar surface area (TPSA) is 115 Å². The molecular weight excluding hydrogens is 370 g/mol. The van der Waals surface area contributed by atoms with Gasteiger partial charge in [-0.15, -0.1) is 0 Å². The quantitative estimate of drug-likeness (QED) is 0.614. The third-order valence-electron chi connectivity index (χ3n) is 5.84. The summed E-state index contributed by atoms with van der Waals surface area (Å²) in [6.07, 6.45) is 5.08. The summed E-state index contributed by atoms with van der Waals surface area (Å²) in [5.41, 5.74) is 0.212. The minimum absolute atomic E-state index is 0.0803. The zero-order chi connectivity index (χ0) is 20.9. The summed E-state index contributed by atoms with van der Waals surface area (Å²) >= 11 is 0. The predicted octanol–water partition coefficient (Wildman–Crippen LogP) is 1.84. The lowest BCUT2D eigenvalue weighted by molar-refractivity contribution is -0.121. The van der Waals surface area contributed by atoms with E-state index in [0.717, 1.165) is 32.1 Å². The van der Waals surface area contributed by atoms with Crippen LogP contribution in [-0.4, -0.2) is 33.6 Å². The Morgan fingerprint density at radius 3 is 2.76 bits per heavy atom. The van der Waals surface area contributed by atoms with Crippen molar-refractivity contribution in [2.24, 2.45) is 5.41 Å². The van der Waals surface area contributed by atoms with Crippen molar-refractivity contribution >= 4 is 5.91 Å². The minimum Gasteiger partial charge on any atom is -0.393 e. The van der Waals surface area contributed by atoms with Crippen molar-refractivity contribution in [1.29, 1.82) is 0 Å². The number of amides is 1. The first-order valence-corrected chi connectivity index (χ1v) is 10.2. The van der Waals surface area contributed by atoms with Gasteiger partial charge in [0.2, 0.25) is 5.91 Å². The number of carbonyl (C=O) groups excluding carboxylic acids is 1. The molecule has 1 aliphatic rings. The van der Waals surface area contributed by atoms with Crippen molar-refractivity contribution in [3.05, 3.63) is 68.5 Å². The Morgan fingerprint density at radius 2 is 2.03 bits per heavy atom. The standard InChI is InChI=1S/C22H29N3O4/c1-22(14-24-19(27)11-17-13-23-21(29)25-20(17)28)9-5-8-18(26)10-16(12-22)15-6-3-2-4-7-15/h2-4,6-7,13,16,18,26H,5,8-12,14H2,1H3,(H,24,27)(H2,23,25,28,29)/t16-,18+,22+/m0/s1. The fraction of sp³-hybridized carbons (Fsp3) is 0.500. The molecule has 1 aromatic heterocycles. The lowest BCUT2D eigenvalue weighted by Crippen LogP contribution is -2.39. The molecule has 1 aromatic carbocycles. The Morgan fingerprint density at radius 1 is 1.28 bits per heavy atom. The molecule has 1 aliphatic carbocycles. The van der Waals surface area contributed by atoms with E-state index in [1.54, 1.807) is 0 Å². The molecule has 0 radical (unpaired) electrons. The number of nitrogens with one attached hydrogen (secondary N) is 3. The number of hydrogen-bond donors (Lipinski definition) is 4. The molecule has 1 fully saturated rings. The van der Waals surface area contributed by atoms with Gasteiger partial charge in [0.05, 0.1) is 12.5 Å². The fourth-order valence-electron chi connectivity index (χ4n) is 4.25. The molecule has 2 aromatic rings. The zero-order valence-electron chi connectivity index (χ0n) is 16.7. The molecule has 1 saturated carbocycles. The number of H-pyrrole nitrogens is 2. The Bertz CT molecular complexity index is 937. The molecule has 3 atom stereocenters. The highest BCUT2D eigenvalue weighted by Gasteiger charge is 2.32. The maximum absolute atomic E-state index is 12.4. The number of aliphatic hydroxyl groups is 1. The van der Waals surface area contributed by atoms with Gasteiger partial charge in [-0.25, -0.2) is 4.79 Å². The Hall–Kier alpha value is -2.67. The van der Waals surface area contributed by atoms with Crippen LogP contribution in [0.15, 0.2) is 46.1 Å². The molecule has 1 heterocycles. The first-order chi connectivity index (χ1) is 13.8. The molecule has 0 spiro atoms. The van der Waals surface area contributed by atoms with E-state index in [0.29, 0.717) is 6.54 Å². The van der Waals surface area contributed by atoms with E-state index >= 15 is 0 Å². The minimum atomic E-state index is -0.588. The summed E-state index contributed by atoms with van der Waals surface area (Å²) in [6.45, 7) is 2.68. The van der Waals surface area contributed by atoms with E-state index in [9.17, 15) is 19.5 Å². The Balaban J connectivity index is 1.66. The van der Waals surface area contributed by atoms with Gasteiger partial charge in [-0.05, 0) is 42.6 Å². The van der Waals surface area contributed by atoms with Crippen molar-refractivity contribution in [2.45, 2.75) is 57.5 Å². The van der Waals surface area contributed by atoms with E-state index in [-0.39, 0.29) is 35.3 Å². The number of benzene rings is 1. The molecule has 3 rings (SSSR count). The number of aliphatic hydroxyl groups excluding tert-OH is 1. The number of carbonyl (C=O) groups is 1. The summed E-state index contributed by atoms with van der Waals surface area (Å²) in [5.74, 6) is -0.0161. The zero-order valence-corrected chi connectivity index (χ0v) is 16.7. The molecule has 0 aliphatic heterocycles. The summed E-state index contributed by atoms with van der Waals surface area (Å²) in [6, 6.07) is 10.2. The smallest absolute Gasteiger partial charge is 0.325 e. The summed E-state index contributed by atoms with van der Waals surface area (Å²) in [7, 11) is 0. The van der Waals surface area contributed by atoms with E-state index in [2.05, 4.69) is 34.3 Å². The SMILES string of the molecule is C[C@@]1(CNC(=O)Cc2c[nH]c(=O)[nH]c2=O)CCC[C@@H](O)C[C@H](c2ccccc2)C1. The van der Waals surface area contributed by atoms with Crippen LogP contribution >= 0.6 is 0 Å². The van der Waals surface area contributed by atoms with E-state index < -0.39 is 11.2 Å². The highest BCUT2D eigenvalue weighted by molar-refractivity contribution is 5.78. The first-order valence-electron chi connectivity index (χ1n) is 10.2. The predicted molar refractivity (Wildman–Crippen MR) is 111 cm³/mol. The average Bonchev–Trinajstić information content (AvgIpc) is 2.68. The second-order valence-electron chi connectivity index (χ2n) is 8.45. The summed E-state index contributed by atoms with van der Waals surface area (Å²) in [4.78, 5) is 39.8. The summed E-state index contributed by atoms with van der Waals surface area (Å²) < 4.78 is 0. The summed E-state index contributed by atoms with van der Waals surface area (Å²) in [5, 5.41) is 13.3. The number of hydrogen-bond acceptors (Lipinski definition) is 4. The number of rotatable bonds is 5. The lowest BCUT2D eigenvalue weighted by atomic mass is 9.71. The van der Waals surface area contributed by atoms with Gasteiger partial charge in [0.15, 0.2) is 0 Å². The molecular formula is C22H29N3O4. The van der Waals surface area contributed by atoms with Crippen molar-refractivity contribution < 1.29 is 9.90 Å². The van der Waals surface area contributed by atoms with E-state index in [4.69, 9.17) is 0 Å². The van der Waals surface area contributed by atoms with Gasteiger partial charge in [0, 0.05) is 18.3 Å². The van der Waals surface area contributed by atoms with Gasteiger partial charge in [-0.3, -0.25) is 14.6 Å². The third kappa shape index (κ3) is 5.90. The molecule has 1 amide bonds. The van der Waals surface area contributed by atoms with E-state index in [1.165, 1.54) is 11.8 Å². The van der Waals surface area contributed by atoms with Crippen LogP contribution in [0.3, 0.4) is 0 Å². The average molecular weight is 399 g/mol. The van der Waals surface area contributed by atoms with Crippen LogP contribution in [0.2, 0.25) is 0 Å². The van der Waals surface area contributed by atoms with Crippen LogP contribution in [0.4, 0.5) is 0 Å². The fourth-order valence-corrected chi connectivity index (χ4v) is 4.25. The van der Waals surface area contributed by atoms with Crippen molar-refractivity contribution in [3.8, 4) is 0 Å². The molecule has 7 nitrogen and oxygen atoms in total. The maximum atomic E-state index is 12.4. The second-order valence-corrected chi connectivity index (χ2v) is 8.45. The molecule has 0 bridgehead atoms. The third-order valence-corrected chi connectivity index (χ3v) is 5.84. The first kappa shape index (κ1) is 21.0. The van der Waals surface area contributed by atoms with Crippen molar-refractivity contribution in [1.82, 2.24) is 15.3 Å². The maximum Gasteiger partial charge on any atom is 0.325 e. The molecule has 7 heteroatoms. The van der Waals surface area contributed by atoms with Gasteiger partial charge in [-0.2, -0.15) is 0 Å². The lowest BCUT2D eigenvalue weighted by Gasteiger charge is -2.37. The highest BCUT2D eigenvalue weighted by atomic mass is 16.3. The molecule has 156 valence electrons. The van der Waals surface area contributed by atoms with Crippen molar-refractivity contribution in [3.63, 3.8) is 0 Å². The molecule has 4 N–H and O–H groups in total. The van der Waals surface area contributed by atoms with E-state index in [1.807, 2.05) is 18.2 Å². The van der Waals surface area contributed by atoms with Crippen LogP contribution in [0, 0.1) is 5.41 Å². The molecule has 0 saturated heterocycles.